The highest BCUT2D eigenvalue weighted by Crippen LogP contribution is 2.24. The van der Waals surface area contributed by atoms with Gasteiger partial charge in [-0.05, 0) is 35.4 Å². The van der Waals surface area contributed by atoms with Gasteiger partial charge in [0.05, 0.1) is 4.90 Å². The van der Waals surface area contributed by atoms with E-state index in [1.807, 2.05) is 38.1 Å². The minimum Gasteiger partial charge on any atom is -0.326 e. The van der Waals surface area contributed by atoms with E-state index in [4.69, 9.17) is 5.84 Å². The lowest BCUT2D eigenvalue weighted by Gasteiger charge is -2.26. The molecule has 7 nitrogen and oxygen atoms in total. The number of anilines is 1. The van der Waals surface area contributed by atoms with Crippen LogP contribution in [0.25, 0.3) is 0 Å². The van der Waals surface area contributed by atoms with Gasteiger partial charge < -0.3 is 5.32 Å². The molecule has 0 saturated heterocycles. The third-order valence-corrected chi connectivity index (χ3v) is 5.62. The smallest absolute Gasteiger partial charge is 0.240 e. The number of hydrogen-bond acceptors (Lipinski definition) is 5. The Morgan fingerprint density at radius 2 is 1.78 bits per heavy atom. The molecule has 1 amide bonds. The molecule has 0 saturated carbocycles. The van der Waals surface area contributed by atoms with Crippen LogP contribution in [-0.4, -0.2) is 20.9 Å². The van der Waals surface area contributed by atoms with Crippen molar-refractivity contribution in [3.8, 4) is 0 Å². The van der Waals surface area contributed by atoms with Crippen molar-refractivity contribution >= 4 is 21.6 Å². The van der Waals surface area contributed by atoms with Gasteiger partial charge in [0.25, 0.3) is 0 Å². The summed E-state index contributed by atoms with van der Waals surface area (Å²) in [6.45, 7) is 6.13. The van der Waals surface area contributed by atoms with Crippen molar-refractivity contribution in [1.29, 1.82) is 0 Å². The molecular weight excluding hydrogens is 364 g/mol. The maximum atomic E-state index is 12.6. The molecule has 146 valence electrons. The van der Waals surface area contributed by atoms with Gasteiger partial charge >= 0.3 is 0 Å². The van der Waals surface area contributed by atoms with Crippen LogP contribution in [0, 0.1) is 0 Å². The summed E-state index contributed by atoms with van der Waals surface area (Å²) in [6, 6.07) is 13.9. The van der Waals surface area contributed by atoms with Crippen molar-refractivity contribution in [3.63, 3.8) is 0 Å². The molecule has 0 aliphatic carbocycles. The fraction of sp³-hybridized carbons (Fsp3) is 0.316. The van der Waals surface area contributed by atoms with Gasteiger partial charge in [0.1, 0.15) is 0 Å². The average Bonchev–Trinajstić information content (AvgIpc) is 2.61. The molecular formula is C19H26N4O3S. The topological polar surface area (TPSA) is 113 Å². The van der Waals surface area contributed by atoms with E-state index in [2.05, 4.69) is 15.5 Å². The number of amides is 1. The van der Waals surface area contributed by atoms with Crippen LogP contribution in [0.2, 0.25) is 0 Å². The van der Waals surface area contributed by atoms with E-state index in [9.17, 15) is 13.2 Å². The molecule has 27 heavy (non-hydrogen) atoms. The Balaban J connectivity index is 2.11. The number of carbonyl (C=O) groups excluding carboxylic acids is 1. The van der Waals surface area contributed by atoms with Crippen LogP contribution < -0.4 is 21.3 Å². The predicted octanol–water partition coefficient (Wildman–Crippen LogP) is 1.86. The summed E-state index contributed by atoms with van der Waals surface area (Å²) in [5, 5.41) is 2.61. The number of carbonyl (C=O) groups is 1. The second-order valence-corrected chi connectivity index (χ2v) is 8.76. The Labute approximate surface area is 160 Å². The van der Waals surface area contributed by atoms with Gasteiger partial charge in [-0.15, -0.1) is 0 Å². The standard InChI is InChI=1S/C19H26N4O3S/c1-14(24)23-17-7-9-18(10-8-17)27(25,26)22-13-19(2,3)16-6-4-5-15(11-16)12-21-20/h4-11,21-22H,12-13,20H2,1-3H3,(H,23,24). The fourth-order valence-electron chi connectivity index (χ4n) is 2.60. The van der Waals surface area contributed by atoms with E-state index in [-0.39, 0.29) is 17.3 Å². The first-order chi connectivity index (χ1) is 12.6. The van der Waals surface area contributed by atoms with Gasteiger partial charge in [-0.1, -0.05) is 38.1 Å². The summed E-state index contributed by atoms with van der Waals surface area (Å²) in [7, 11) is -3.66. The first-order valence-corrected chi connectivity index (χ1v) is 10.0. The lowest BCUT2D eigenvalue weighted by atomic mass is 9.84. The van der Waals surface area contributed by atoms with Gasteiger partial charge in [-0.3, -0.25) is 16.1 Å². The molecule has 0 radical (unpaired) electrons. The number of rotatable bonds is 8. The van der Waals surface area contributed by atoms with Crippen LogP contribution in [0.3, 0.4) is 0 Å². The average molecular weight is 391 g/mol. The first-order valence-electron chi connectivity index (χ1n) is 8.54. The van der Waals surface area contributed by atoms with Gasteiger partial charge in [0.15, 0.2) is 0 Å². The molecule has 0 aliphatic rings. The van der Waals surface area contributed by atoms with Crippen LogP contribution >= 0.6 is 0 Å². The van der Waals surface area contributed by atoms with Crippen molar-refractivity contribution in [2.75, 3.05) is 11.9 Å². The molecule has 2 rings (SSSR count). The second-order valence-electron chi connectivity index (χ2n) is 7.00. The molecule has 2 aromatic rings. The van der Waals surface area contributed by atoms with Crippen molar-refractivity contribution in [2.24, 2.45) is 5.84 Å². The van der Waals surface area contributed by atoms with Crippen LogP contribution in [0.5, 0.6) is 0 Å². The highest BCUT2D eigenvalue weighted by molar-refractivity contribution is 7.89. The molecule has 0 unspecified atom stereocenters. The molecule has 0 spiro atoms. The van der Waals surface area contributed by atoms with Crippen LogP contribution in [0.1, 0.15) is 31.9 Å². The molecule has 0 aromatic heterocycles. The molecule has 0 fully saturated rings. The molecule has 5 N–H and O–H groups in total. The molecule has 0 heterocycles. The lowest BCUT2D eigenvalue weighted by Crippen LogP contribution is -2.36. The Kier molecular flexibility index (Phi) is 6.72. The Hall–Kier alpha value is -2.26. The summed E-state index contributed by atoms with van der Waals surface area (Å²) in [5.74, 6) is 5.16. The number of sulfonamides is 1. The van der Waals surface area contributed by atoms with E-state index in [0.29, 0.717) is 12.2 Å². The zero-order valence-corrected chi connectivity index (χ0v) is 16.6. The summed E-state index contributed by atoms with van der Waals surface area (Å²) in [5.41, 5.74) is 4.80. The minimum atomic E-state index is -3.66. The lowest BCUT2D eigenvalue weighted by molar-refractivity contribution is -0.114. The monoisotopic (exact) mass is 390 g/mol. The normalized spacial score (nSPS) is 12.0. The zero-order chi connectivity index (χ0) is 20.1. The third kappa shape index (κ3) is 5.86. The van der Waals surface area contributed by atoms with Gasteiger partial charge in [0, 0.05) is 31.1 Å². The quantitative estimate of drug-likeness (QED) is 0.406. The number of hydrazine groups is 1. The van der Waals surface area contributed by atoms with E-state index >= 15 is 0 Å². The molecule has 0 atom stereocenters. The Morgan fingerprint density at radius 1 is 1.11 bits per heavy atom. The second kappa shape index (κ2) is 8.62. The van der Waals surface area contributed by atoms with Gasteiger partial charge in [0.2, 0.25) is 15.9 Å². The summed E-state index contributed by atoms with van der Waals surface area (Å²) >= 11 is 0. The SMILES string of the molecule is CC(=O)Nc1ccc(S(=O)(=O)NCC(C)(C)c2cccc(CNN)c2)cc1. The van der Waals surface area contributed by atoms with E-state index in [0.717, 1.165) is 11.1 Å². The highest BCUT2D eigenvalue weighted by Gasteiger charge is 2.24. The number of hydrogen-bond donors (Lipinski definition) is 4. The molecule has 0 bridgehead atoms. The summed E-state index contributed by atoms with van der Waals surface area (Å²) in [6.07, 6.45) is 0. The highest BCUT2D eigenvalue weighted by atomic mass is 32.2. The number of benzene rings is 2. The van der Waals surface area contributed by atoms with Gasteiger partial charge in [-0.2, -0.15) is 0 Å². The molecule has 2 aromatic carbocycles. The minimum absolute atomic E-state index is 0.147. The Bertz CT molecular complexity index is 893. The van der Waals surface area contributed by atoms with Crippen molar-refractivity contribution < 1.29 is 13.2 Å². The number of nitrogens with one attached hydrogen (secondary N) is 3. The van der Waals surface area contributed by atoms with Crippen LogP contribution in [0.4, 0.5) is 5.69 Å². The Morgan fingerprint density at radius 3 is 2.37 bits per heavy atom. The van der Waals surface area contributed by atoms with E-state index in [1.54, 1.807) is 12.1 Å². The van der Waals surface area contributed by atoms with Crippen molar-refractivity contribution in [3.05, 3.63) is 59.7 Å². The van der Waals surface area contributed by atoms with E-state index < -0.39 is 15.4 Å². The number of nitrogens with two attached hydrogens (primary N) is 1. The zero-order valence-electron chi connectivity index (χ0n) is 15.7. The first kappa shape index (κ1) is 21.0. The predicted molar refractivity (Wildman–Crippen MR) is 106 cm³/mol. The fourth-order valence-corrected chi connectivity index (χ4v) is 3.81. The van der Waals surface area contributed by atoms with E-state index in [1.165, 1.54) is 19.1 Å². The van der Waals surface area contributed by atoms with Crippen LogP contribution in [0.15, 0.2) is 53.4 Å². The summed E-state index contributed by atoms with van der Waals surface area (Å²) < 4.78 is 27.8. The van der Waals surface area contributed by atoms with Crippen LogP contribution in [-0.2, 0) is 26.8 Å². The maximum Gasteiger partial charge on any atom is 0.240 e. The largest absolute Gasteiger partial charge is 0.326 e. The summed E-state index contributed by atoms with van der Waals surface area (Å²) in [4.78, 5) is 11.2. The maximum absolute atomic E-state index is 12.6. The molecule has 0 aliphatic heterocycles. The third-order valence-electron chi connectivity index (χ3n) is 4.20. The molecule has 8 heteroatoms. The van der Waals surface area contributed by atoms with Gasteiger partial charge in [-0.25, -0.2) is 13.1 Å². The van der Waals surface area contributed by atoms with Crippen molar-refractivity contribution in [2.45, 2.75) is 37.6 Å². The van der Waals surface area contributed by atoms with Crippen molar-refractivity contribution in [1.82, 2.24) is 10.1 Å².